The standard InChI is InChI=1S/C20H26N6O/c1-21-19-16-13-25(2)10-7-17(16)23-18(24-19)15-6-4-9-26(12-15)20(27)14-5-3-8-22-11-14/h3,5,8,11,15H,4,6-7,9-10,12-13H2,1-2H3,(H,21,23,24)/t15-/m1/s1. The highest BCUT2D eigenvalue weighted by atomic mass is 16.2. The molecule has 7 heteroatoms. The van der Waals surface area contributed by atoms with Gasteiger partial charge in [0.05, 0.1) is 11.3 Å². The molecule has 1 fully saturated rings. The average molecular weight is 366 g/mol. The first-order chi connectivity index (χ1) is 13.2. The van der Waals surface area contributed by atoms with Gasteiger partial charge in [-0.1, -0.05) is 0 Å². The van der Waals surface area contributed by atoms with E-state index in [1.807, 2.05) is 18.0 Å². The molecule has 0 saturated carbocycles. The van der Waals surface area contributed by atoms with Crippen molar-refractivity contribution in [2.24, 2.45) is 0 Å². The van der Waals surface area contributed by atoms with Gasteiger partial charge in [-0.05, 0) is 32.0 Å². The van der Waals surface area contributed by atoms with Crippen molar-refractivity contribution >= 4 is 11.7 Å². The molecule has 0 aliphatic carbocycles. The number of carbonyl (C=O) groups is 1. The van der Waals surface area contributed by atoms with E-state index in [1.165, 1.54) is 5.56 Å². The first kappa shape index (κ1) is 17.9. The molecule has 1 amide bonds. The van der Waals surface area contributed by atoms with Gasteiger partial charge >= 0.3 is 0 Å². The number of aromatic nitrogens is 3. The summed E-state index contributed by atoms with van der Waals surface area (Å²) in [5.41, 5.74) is 3.00. The zero-order chi connectivity index (χ0) is 18.8. The van der Waals surface area contributed by atoms with Crippen LogP contribution in [0.25, 0.3) is 0 Å². The van der Waals surface area contributed by atoms with E-state index in [0.717, 1.165) is 56.2 Å². The number of hydrogen-bond donors (Lipinski definition) is 1. The highest BCUT2D eigenvalue weighted by Crippen LogP contribution is 2.30. The SMILES string of the molecule is CNc1nc([C@@H]2CCCN(C(=O)c3cccnc3)C2)nc2c1CN(C)CC2. The number of nitrogens with one attached hydrogen (secondary N) is 1. The van der Waals surface area contributed by atoms with Crippen LogP contribution in [-0.4, -0.2) is 64.4 Å². The fourth-order valence-electron chi connectivity index (χ4n) is 4.00. The lowest BCUT2D eigenvalue weighted by atomic mass is 9.95. The Hall–Kier alpha value is -2.54. The lowest BCUT2D eigenvalue weighted by molar-refractivity contribution is 0.0704. The van der Waals surface area contributed by atoms with Crippen molar-refractivity contribution in [3.05, 3.63) is 47.2 Å². The third kappa shape index (κ3) is 3.64. The van der Waals surface area contributed by atoms with E-state index in [9.17, 15) is 4.79 Å². The van der Waals surface area contributed by atoms with Crippen molar-refractivity contribution in [1.82, 2.24) is 24.8 Å². The van der Waals surface area contributed by atoms with Crippen molar-refractivity contribution < 1.29 is 4.79 Å². The lowest BCUT2D eigenvalue weighted by Crippen LogP contribution is -2.40. The minimum Gasteiger partial charge on any atom is -0.373 e. The van der Waals surface area contributed by atoms with Gasteiger partial charge in [-0.2, -0.15) is 0 Å². The summed E-state index contributed by atoms with van der Waals surface area (Å²) in [5.74, 6) is 2.02. The molecule has 4 heterocycles. The number of carbonyl (C=O) groups excluding carboxylic acids is 1. The Labute approximate surface area is 159 Å². The lowest BCUT2D eigenvalue weighted by Gasteiger charge is -2.33. The molecular weight excluding hydrogens is 340 g/mol. The fourth-order valence-corrected chi connectivity index (χ4v) is 4.00. The first-order valence-corrected chi connectivity index (χ1v) is 9.61. The van der Waals surface area contributed by atoms with Crippen LogP contribution in [-0.2, 0) is 13.0 Å². The molecule has 2 aromatic rings. The van der Waals surface area contributed by atoms with Crippen LogP contribution in [0.4, 0.5) is 5.82 Å². The number of pyridine rings is 1. The fraction of sp³-hybridized carbons (Fsp3) is 0.500. The molecule has 2 aliphatic heterocycles. The van der Waals surface area contributed by atoms with Gasteiger partial charge in [-0.3, -0.25) is 9.78 Å². The number of fused-ring (bicyclic) bond motifs is 1. The average Bonchev–Trinajstić information content (AvgIpc) is 2.73. The minimum absolute atomic E-state index is 0.0428. The van der Waals surface area contributed by atoms with Gasteiger partial charge in [0.1, 0.15) is 11.6 Å². The van der Waals surface area contributed by atoms with E-state index < -0.39 is 0 Å². The number of anilines is 1. The van der Waals surface area contributed by atoms with Gasteiger partial charge in [0, 0.05) is 63.5 Å². The van der Waals surface area contributed by atoms with Crippen LogP contribution in [0.2, 0.25) is 0 Å². The molecule has 2 aromatic heterocycles. The number of hydrogen-bond acceptors (Lipinski definition) is 6. The molecule has 0 radical (unpaired) electrons. The Bertz CT molecular complexity index is 807. The number of nitrogens with zero attached hydrogens (tertiary/aromatic N) is 5. The smallest absolute Gasteiger partial charge is 0.255 e. The number of rotatable bonds is 3. The Morgan fingerprint density at radius 1 is 1.30 bits per heavy atom. The van der Waals surface area contributed by atoms with Crippen LogP contribution in [0.5, 0.6) is 0 Å². The van der Waals surface area contributed by atoms with Crippen molar-refractivity contribution in [2.75, 3.05) is 39.0 Å². The van der Waals surface area contributed by atoms with Gasteiger partial charge in [0.15, 0.2) is 0 Å². The van der Waals surface area contributed by atoms with Crippen LogP contribution >= 0.6 is 0 Å². The van der Waals surface area contributed by atoms with Crippen molar-refractivity contribution in [3.63, 3.8) is 0 Å². The van der Waals surface area contributed by atoms with Gasteiger partial charge < -0.3 is 15.1 Å². The second-order valence-electron chi connectivity index (χ2n) is 7.43. The maximum Gasteiger partial charge on any atom is 0.255 e. The molecule has 1 atom stereocenters. The Morgan fingerprint density at radius 3 is 2.96 bits per heavy atom. The summed E-state index contributed by atoms with van der Waals surface area (Å²) in [6.07, 6.45) is 6.25. The minimum atomic E-state index is 0.0428. The van der Waals surface area contributed by atoms with Crippen molar-refractivity contribution in [1.29, 1.82) is 0 Å². The second-order valence-corrected chi connectivity index (χ2v) is 7.43. The van der Waals surface area contributed by atoms with E-state index in [-0.39, 0.29) is 11.8 Å². The number of amides is 1. The summed E-state index contributed by atoms with van der Waals surface area (Å²) in [6.45, 7) is 3.33. The Kier molecular flexibility index (Phi) is 5.03. The van der Waals surface area contributed by atoms with E-state index in [1.54, 1.807) is 18.5 Å². The van der Waals surface area contributed by atoms with E-state index in [4.69, 9.17) is 9.97 Å². The maximum atomic E-state index is 12.8. The molecule has 27 heavy (non-hydrogen) atoms. The first-order valence-electron chi connectivity index (χ1n) is 9.61. The Morgan fingerprint density at radius 2 is 2.19 bits per heavy atom. The molecule has 1 N–H and O–H groups in total. The third-order valence-electron chi connectivity index (χ3n) is 5.49. The molecule has 0 unspecified atom stereocenters. The summed E-state index contributed by atoms with van der Waals surface area (Å²) < 4.78 is 0. The molecule has 1 saturated heterocycles. The predicted molar refractivity (Wildman–Crippen MR) is 104 cm³/mol. The molecular formula is C20H26N6O. The summed E-state index contributed by atoms with van der Waals surface area (Å²) in [7, 11) is 4.04. The highest BCUT2D eigenvalue weighted by molar-refractivity contribution is 5.94. The van der Waals surface area contributed by atoms with Gasteiger partial charge in [0.25, 0.3) is 5.91 Å². The van der Waals surface area contributed by atoms with Crippen LogP contribution < -0.4 is 5.32 Å². The van der Waals surface area contributed by atoms with Crippen LogP contribution in [0.3, 0.4) is 0 Å². The summed E-state index contributed by atoms with van der Waals surface area (Å²) >= 11 is 0. The number of likely N-dealkylation sites (tertiary alicyclic amines) is 1. The summed E-state index contributed by atoms with van der Waals surface area (Å²) in [6, 6.07) is 3.63. The van der Waals surface area contributed by atoms with Crippen LogP contribution in [0.1, 0.15) is 46.2 Å². The summed E-state index contributed by atoms with van der Waals surface area (Å²) in [4.78, 5) is 30.8. The number of likely N-dealkylation sites (N-methyl/N-ethyl adjacent to an activating group) is 1. The maximum absolute atomic E-state index is 12.8. The molecule has 4 rings (SSSR count). The van der Waals surface area contributed by atoms with Crippen molar-refractivity contribution in [3.8, 4) is 0 Å². The normalized spacial score (nSPS) is 20.2. The summed E-state index contributed by atoms with van der Waals surface area (Å²) in [5, 5.41) is 3.25. The third-order valence-corrected chi connectivity index (χ3v) is 5.49. The quantitative estimate of drug-likeness (QED) is 0.895. The zero-order valence-electron chi connectivity index (χ0n) is 16.0. The van der Waals surface area contributed by atoms with E-state index in [2.05, 4.69) is 22.2 Å². The second kappa shape index (κ2) is 7.60. The molecule has 0 aromatic carbocycles. The van der Waals surface area contributed by atoms with E-state index in [0.29, 0.717) is 12.1 Å². The molecule has 0 spiro atoms. The van der Waals surface area contributed by atoms with Gasteiger partial charge in [-0.25, -0.2) is 9.97 Å². The molecule has 142 valence electrons. The molecule has 0 bridgehead atoms. The van der Waals surface area contributed by atoms with Gasteiger partial charge in [-0.15, -0.1) is 0 Å². The van der Waals surface area contributed by atoms with Crippen LogP contribution in [0.15, 0.2) is 24.5 Å². The predicted octanol–water partition coefficient (Wildman–Crippen LogP) is 1.92. The van der Waals surface area contributed by atoms with Crippen LogP contribution in [0, 0.1) is 0 Å². The van der Waals surface area contributed by atoms with E-state index >= 15 is 0 Å². The van der Waals surface area contributed by atoms with Gasteiger partial charge in [0.2, 0.25) is 0 Å². The molecule has 7 nitrogen and oxygen atoms in total. The zero-order valence-corrected chi connectivity index (χ0v) is 16.0. The molecule has 2 aliphatic rings. The Balaban J connectivity index is 1.57. The highest BCUT2D eigenvalue weighted by Gasteiger charge is 2.29. The monoisotopic (exact) mass is 366 g/mol. The topological polar surface area (TPSA) is 74.2 Å². The number of piperidine rings is 1. The largest absolute Gasteiger partial charge is 0.373 e. The van der Waals surface area contributed by atoms with Crippen molar-refractivity contribution in [2.45, 2.75) is 31.7 Å².